The van der Waals surface area contributed by atoms with Crippen LogP contribution in [-0.4, -0.2) is 32.9 Å². The Morgan fingerprint density at radius 3 is 2.19 bits per heavy atom. The molecular weight excluding hydrogens is 434 g/mol. The van der Waals surface area contributed by atoms with E-state index in [4.69, 9.17) is 8.92 Å². The molecule has 0 bridgehead atoms. The minimum absolute atomic E-state index is 0.00823. The summed E-state index contributed by atoms with van der Waals surface area (Å²) >= 11 is 1.42. The lowest BCUT2D eigenvalue weighted by molar-refractivity contribution is 0.0727. The zero-order chi connectivity index (χ0) is 22.4. The summed E-state index contributed by atoms with van der Waals surface area (Å²) in [7, 11) is -2.44. The van der Waals surface area contributed by atoms with E-state index in [1.165, 1.54) is 30.6 Å². The molecule has 31 heavy (non-hydrogen) atoms. The van der Waals surface area contributed by atoms with Crippen LogP contribution in [0, 0.1) is 5.92 Å². The maximum absolute atomic E-state index is 12.8. The average molecular weight is 460 g/mol. The number of amides is 1. The van der Waals surface area contributed by atoms with Crippen molar-refractivity contribution in [3.8, 4) is 11.5 Å². The van der Waals surface area contributed by atoms with Crippen LogP contribution in [0.25, 0.3) is 0 Å². The van der Waals surface area contributed by atoms with Crippen LogP contribution in [0.3, 0.4) is 0 Å². The number of rotatable bonds is 9. The van der Waals surface area contributed by atoms with E-state index >= 15 is 0 Å². The van der Waals surface area contributed by atoms with Crippen LogP contribution in [0.5, 0.6) is 11.5 Å². The number of benzene rings is 2. The normalized spacial score (nSPS) is 11.4. The molecule has 0 spiro atoms. The van der Waals surface area contributed by atoms with Gasteiger partial charge in [0.25, 0.3) is 5.91 Å². The van der Waals surface area contributed by atoms with Gasteiger partial charge in [-0.1, -0.05) is 32.0 Å². The lowest BCUT2D eigenvalue weighted by Gasteiger charge is -2.24. The van der Waals surface area contributed by atoms with Gasteiger partial charge < -0.3 is 13.8 Å². The molecule has 1 heterocycles. The van der Waals surface area contributed by atoms with E-state index in [0.717, 1.165) is 5.56 Å². The van der Waals surface area contributed by atoms with E-state index in [-0.39, 0.29) is 16.6 Å². The summed E-state index contributed by atoms with van der Waals surface area (Å²) in [6, 6.07) is 16.4. The number of hydrogen-bond donors (Lipinski definition) is 0. The molecule has 0 saturated carbocycles. The van der Waals surface area contributed by atoms with E-state index in [1.54, 1.807) is 41.3 Å². The van der Waals surface area contributed by atoms with Crippen LogP contribution in [0.2, 0.25) is 0 Å². The smallest absolute Gasteiger partial charge is 0.339 e. The van der Waals surface area contributed by atoms with Crippen LogP contribution in [-0.2, 0) is 16.7 Å². The quantitative estimate of drug-likeness (QED) is 0.429. The number of methoxy groups -OCH3 is 1. The van der Waals surface area contributed by atoms with E-state index < -0.39 is 10.1 Å². The standard InChI is InChI=1S/C23H25NO5S2/c1-17(2)15-24(23(25)22-5-4-14-30-22)16-18-6-8-20(9-7-18)29-31(26,27)21-12-10-19(28-3)11-13-21/h4-14,17H,15-16H2,1-3H3. The van der Waals surface area contributed by atoms with Gasteiger partial charge in [0, 0.05) is 13.1 Å². The Morgan fingerprint density at radius 1 is 1.00 bits per heavy atom. The third-order valence-corrected chi connectivity index (χ3v) is 6.57. The molecule has 0 fully saturated rings. The van der Waals surface area contributed by atoms with Crippen molar-refractivity contribution in [2.24, 2.45) is 5.92 Å². The molecule has 0 aliphatic rings. The highest BCUT2D eigenvalue weighted by atomic mass is 32.2. The number of nitrogens with zero attached hydrogens (tertiary/aromatic N) is 1. The van der Waals surface area contributed by atoms with E-state index in [9.17, 15) is 13.2 Å². The molecule has 1 aromatic heterocycles. The Kier molecular flexibility index (Phi) is 7.35. The molecule has 0 radical (unpaired) electrons. The van der Waals surface area contributed by atoms with Crippen molar-refractivity contribution in [1.29, 1.82) is 0 Å². The molecule has 0 aliphatic carbocycles. The highest BCUT2D eigenvalue weighted by molar-refractivity contribution is 7.87. The van der Waals surface area contributed by atoms with Gasteiger partial charge >= 0.3 is 10.1 Å². The largest absolute Gasteiger partial charge is 0.497 e. The summed E-state index contributed by atoms with van der Waals surface area (Å²) in [5.74, 6) is 1.08. The molecule has 1 amide bonds. The van der Waals surface area contributed by atoms with Crippen molar-refractivity contribution in [1.82, 2.24) is 4.90 Å². The first-order chi connectivity index (χ1) is 14.8. The SMILES string of the molecule is COc1ccc(S(=O)(=O)Oc2ccc(CN(CC(C)C)C(=O)c3cccs3)cc2)cc1. The van der Waals surface area contributed by atoms with Crippen LogP contribution in [0.15, 0.2) is 70.9 Å². The fraction of sp³-hybridized carbons (Fsp3) is 0.261. The van der Waals surface area contributed by atoms with Crippen LogP contribution in [0.4, 0.5) is 0 Å². The lowest BCUT2D eigenvalue weighted by Crippen LogP contribution is -2.33. The number of thiophene rings is 1. The van der Waals surface area contributed by atoms with Gasteiger partial charge in [0.1, 0.15) is 16.4 Å². The van der Waals surface area contributed by atoms with Gasteiger partial charge in [0.15, 0.2) is 0 Å². The number of carbonyl (C=O) groups is 1. The second-order valence-corrected chi connectivity index (χ2v) is 9.91. The number of hydrogen-bond acceptors (Lipinski definition) is 6. The van der Waals surface area contributed by atoms with Crippen LogP contribution < -0.4 is 8.92 Å². The molecule has 3 rings (SSSR count). The van der Waals surface area contributed by atoms with Crippen molar-refractivity contribution in [3.05, 3.63) is 76.5 Å². The predicted molar refractivity (Wildman–Crippen MR) is 121 cm³/mol. The summed E-state index contributed by atoms with van der Waals surface area (Å²) in [4.78, 5) is 15.4. The highest BCUT2D eigenvalue weighted by Gasteiger charge is 2.19. The maximum Gasteiger partial charge on any atom is 0.339 e. The molecule has 8 heteroatoms. The van der Waals surface area contributed by atoms with Crippen LogP contribution >= 0.6 is 11.3 Å². The van der Waals surface area contributed by atoms with Crippen molar-refractivity contribution in [2.45, 2.75) is 25.3 Å². The van der Waals surface area contributed by atoms with Crippen molar-refractivity contribution < 1.29 is 22.1 Å². The van der Waals surface area contributed by atoms with Crippen molar-refractivity contribution >= 4 is 27.4 Å². The van der Waals surface area contributed by atoms with Gasteiger partial charge in [-0.15, -0.1) is 11.3 Å². The van der Waals surface area contributed by atoms with Gasteiger partial charge in [-0.05, 0) is 59.3 Å². The molecule has 3 aromatic rings. The number of ether oxygens (including phenoxy) is 1. The molecule has 0 N–H and O–H groups in total. The van der Waals surface area contributed by atoms with E-state index in [2.05, 4.69) is 13.8 Å². The summed E-state index contributed by atoms with van der Waals surface area (Å²) in [6.07, 6.45) is 0. The Morgan fingerprint density at radius 2 is 1.65 bits per heavy atom. The lowest BCUT2D eigenvalue weighted by atomic mass is 10.1. The van der Waals surface area contributed by atoms with Gasteiger partial charge in [0.05, 0.1) is 12.0 Å². The van der Waals surface area contributed by atoms with Gasteiger partial charge in [0.2, 0.25) is 0 Å². The van der Waals surface area contributed by atoms with Gasteiger partial charge in [-0.25, -0.2) is 0 Å². The Bertz CT molecular complexity index is 1090. The van der Waals surface area contributed by atoms with E-state index in [0.29, 0.717) is 29.6 Å². The predicted octanol–water partition coefficient (Wildman–Crippen LogP) is 4.82. The van der Waals surface area contributed by atoms with Gasteiger partial charge in [-0.2, -0.15) is 8.42 Å². The first kappa shape index (κ1) is 22.8. The molecule has 2 aromatic carbocycles. The van der Waals surface area contributed by atoms with Gasteiger partial charge in [-0.3, -0.25) is 4.79 Å². The Labute approximate surface area is 187 Å². The average Bonchev–Trinajstić information content (AvgIpc) is 3.28. The zero-order valence-corrected chi connectivity index (χ0v) is 19.3. The highest BCUT2D eigenvalue weighted by Crippen LogP contribution is 2.22. The van der Waals surface area contributed by atoms with Crippen molar-refractivity contribution in [2.75, 3.05) is 13.7 Å². The molecule has 0 aliphatic heterocycles. The summed E-state index contributed by atoms with van der Waals surface area (Å²) < 4.78 is 35.3. The zero-order valence-electron chi connectivity index (χ0n) is 17.6. The third-order valence-electron chi connectivity index (χ3n) is 4.46. The summed E-state index contributed by atoms with van der Waals surface area (Å²) in [5, 5.41) is 1.89. The molecular formula is C23H25NO5S2. The fourth-order valence-electron chi connectivity index (χ4n) is 3.00. The first-order valence-electron chi connectivity index (χ1n) is 9.79. The summed E-state index contributed by atoms with van der Waals surface area (Å²) in [5.41, 5.74) is 0.889. The molecule has 0 atom stereocenters. The minimum atomic E-state index is -3.95. The molecule has 0 saturated heterocycles. The topological polar surface area (TPSA) is 72.9 Å². The monoisotopic (exact) mass is 459 g/mol. The van der Waals surface area contributed by atoms with E-state index in [1.807, 2.05) is 17.5 Å². The Hall–Kier alpha value is -2.84. The molecule has 0 unspecified atom stereocenters. The fourth-order valence-corrected chi connectivity index (χ4v) is 4.63. The summed E-state index contributed by atoms with van der Waals surface area (Å²) in [6.45, 7) is 5.19. The molecule has 6 nitrogen and oxygen atoms in total. The van der Waals surface area contributed by atoms with Crippen LogP contribution in [0.1, 0.15) is 29.1 Å². The molecule has 164 valence electrons. The number of carbonyl (C=O) groups excluding carboxylic acids is 1. The second-order valence-electron chi connectivity index (χ2n) is 7.41. The Balaban J connectivity index is 1.71. The second kappa shape index (κ2) is 9.98. The third kappa shape index (κ3) is 6.08. The first-order valence-corrected chi connectivity index (χ1v) is 12.1. The maximum atomic E-state index is 12.8. The minimum Gasteiger partial charge on any atom is -0.497 e. The van der Waals surface area contributed by atoms with Crippen molar-refractivity contribution in [3.63, 3.8) is 0 Å².